The normalized spacial score (nSPS) is 11.2. The zero-order valence-electron chi connectivity index (χ0n) is 16.1. The Morgan fingerprint density at radius 1 is 0.967 bits per heavy atom. The lowest BCUT2D eigenvalue weighted by molar-refractivity contribution is -0.123. The summed E-state index contributed by atoms with van der Waals surface area (Å²) in [6.45, 7) is 1.43. The van der Waals surface area contributed by atoms with Crippen molar-refractivity contribution in [3.63, 3.8) is 0 Å². The molecular weight excluding hydrogens is 425 g/mol. The van der Waals surface area contributed by atoms with Crippen LogP contribution >= 0.6 is 23.2 Å². The summed E-state index contributed by atoms with van der Waals surface area (Å²) < 4.78 is 5.50. The highest BCUT2D eigenvalue weighted by Gasteiger charge is 2.10. The Morgan fingerprint density at radius 3 is 2.53 bits per heavy atom. The lowest BCUT2D eigenvalue weighted by atomic mass is 10.1. The highest BCUT2D eigenvalue weighted by molar-refractivity contribution is 6.44. The number of nitrogens with zero attached hydrogens (tertiary/aromatic N) is 1. The van der Waals surface area contributed by atoms with Gasteiger partial charge in [0.15, 0.2) is 6.61 Å². The molecule has 2 N–H and O–H groups in total. The number of rotatable bonds is 7. The van der Waals surface area contributed by atoms with Crippen molar-refractivity contribution >= 4 is 57.2 Å². The summed E-state index contributed by atoms with van der Waals surface area (Å²) >= 11 is 12.0. The molecule has 0 unspecified atom stereocenters. The summed E-state index contributed by atoms with van der Waals surface area (Å²) in [5, 5.41) is 9.31. The Balaban J connectivity index is 1.47. The Kier molecular flexibility index (Phi) is 7.27. The molecule has 30 heavy (non-hydrogen) atoms. The molecule has 0 spiro atoms. The van der Waals surface area contributed by atoms with Crippen LogP contribution in [0.3, 0.4) is 0 Å². The predicted octanol–water partition coefficient (Wildman–Crippen LogP) is 5.05. The van der Waals surface area contributed by atoms with E-state index in [1.54, 1.807) is 31.2 Å². The zero-order valence-corrected chi connectivity index (χ0v) is 17.6. The van der Waals surface area contributed by atoms with Crippen LogP contribution in [0.5, 0.6) is 5.75 Å². The van der Waals surface area contributed by atoms with Gasteiger partial charge in [0, 0.05) is 5.71 Å². The van der Waals surface area contributed by atoms with Crippen LogP contribution in [0.15, 0.2) is 65.8 Å². The molecule has 0 radical (unpaired) electrons. The third-order valence-electron chi connectivity index (χ3n) is 4.10. The number of hydrazone groups is 1. The summed E-state index contributed by atoms with van der Waals surface area (Å²) in [5.74, 6) is -0.176. The van der Waals surface area contributed by atoms with Crippen LogP contribution in [0.4, 0.5) is 5.69 Å². The third-order valence-corrected chi connectivity index (χ3v) is 4.92. The highest BCUT2D eigenvalue weighted by Crippen LogP contribution is 2.29. The fraction of sp³-hybridized carbons (Fsp3) is 0.136. The lowest BCUT2D eigenvalue weighted by Gasteiger charge is -2.08. The van der Waals surface area contributed by atoms with Crippen LogP contribution < -0.4 is 15.5 Å². The first-order valence-electron chi connectivity index (χ1n) is 9.10. The SMILES string of the molecule is C/C(CC(=O)Nc1cccc(Cl)c1Cl)=N/NC(=O)COc1ccc2ccccc2c1. The number of halogens is 2. The van der Waals surface area contributed by atoms with E-state index in [0.717, 1.165) is 10.8 Å². The van der Waals surface area contributed by atoms with Crippen molar-refractivity contribution < 1.29 is 14.3 Å². The Bertz CT molecular complexity index is 1120. The zero-order chi connectivity index (χ0) is 21.5. The standard InChI is InChI=1S/C22H19Cl2N3O3/c1-14(11-20(28)25-19-8-4-7-18(23)22(19)24)26-27-21(29)13-30-17-10-9-15-5-2-3-6-16(15)12-17/h2-10,12H,11,13H2,1H3,(H,25,28)(H,27,29)/b26-14-. The van der Waals surface area contributed by atoms with E-state index in [4.69, 9.17) is 27.9 Å². The maximum Gasteiger partial charge on any atom is 0.277 e. The van der Waals surface area contributed by atoms with Crippen molar-refractivity contribution in [1.29, 1.82) is 0 Å². The maximum absolute atomic E-state index is 12.1. The topological polar surface area (TPSA) is 79.8 Å². The summed E-state index contributed by atoms with van der Waals surface area (Å²) in [5.41, 5.74) is 3.21. The molecule has 2 amide bonds. The second-order valence-electron chi connectivity index (χ2n) is 6.51. The van der Waals surface area contributed by atoms with Crippen molar-refractivity contribution in [3.05, 3.63) is 70.7 Å². The van der Waals surface area contributed by atoms with Crippen LogP contribution in [0.2, 0.25) is 10.0 Å². The number of carbonyl (C=O) groups excluding carboxylic acids is 2. The fourth-order valence-electron chi connectivity index (χ4n) is 2.66. The monoisotopic (exact) mass is 443 g/mol. The van der Waals surface area contributed by atoms with Crippen molar-refractivity contribution in [1.82, 2.24) is 5.43 Å². The molecule has 0 aromatic heterocycles. The van der Waals surface area contributed by atoms with Crippen molar-refractivity contribution in [2.24, 2.45) is 5.10 Å². The van der Waals surface area contributed by atoms with Crippen molar-refractivity contribution in [2.45, 2.75) is 13.3 Å². The third kappa shape index (κ3) is 5.95. The molecule has 0 atom stereocenters. The van der Waals surface area contributed by atoms with Gasteiger partial charge in [0.05, 0.1) is 22.2 Å². The number of ether oxygens (including phenoxy) is 1. The fourth-order valence-corrected chi connectivity index (χ4v) is 3.01. The molecule has 0 aliphatic heterocycles. The summed E-state index contributed by atoms with van der Waals surface area (Å²) in [6.07, 6.45) is -0.0192. The van der Waals surface area contributed by atoms with Gasteiger partial charge in [-0.15, -0.1) is 0 Å². The summed E-state index contributed by atoms with van der Waals surface area (Å²) in [4.78, 5) is 24.1. The van der Waals surface area contributed by atoms with Gasteiger partial charge in [-0.25, -0.2) is 5.43 Å². The molecule has 0 bridgehead atoms. The number of amides is 2. The minimum absolute atomic E-state index is 0.0192. The molecule has 0 aliphatic carbocycles. The van der Waals surface area contributed by atoms with Gasteiger partial charge >= 0.3 is 0 Å². The molecule has 0 heterocycles. The molecule has 0 saturated heterocycles. The minimum atomic E-state index is -0.430. The van der Waals surface area contributed by atoms with Gasteiger partial charge in [0.25, 0.3) is 5.91 Å². The second kappa shape index (κ2) is 10.1. The molecule has 3 rings (SSSR count). The molecule has 0 saturated carbocycles. The van der Waals surface area contributed by atoms with Gasteiger partial charge in [-0.2, -0.15) is 5.10 Å². The van der Waals surface area contributed by atoms with Crippen molar-refractivity contribution in [3.8, 4) is 5.75 Å². The van der Waals surface area contributed by atoms with Gasteiger partial charge < -0.3 is 10.1 Å². The van der Waals surface area contributed by atoms with E-state index in [2.05, 4.69) is 15.8 Å². The van der Waals surface area contributed by atoms with Gasteiger partial charge in [-0.05, 0) is 42.0 Å². The summed E-state index contributed by atoms with van der Waals surface area (Å²) in [6, 6.07) is 18.4. The molecule has 0 aliphatic rings. The van der Waals surface area contributed by atoms with Crippen LogP contribution in [0.1, 0.15) is 13.3 Å². The van der Waals surface area contributed by atoms with Gasteiger partial charge in [-0.3, -0.25) is 9.59 Å². The number of hydrogen-bond donors (Lipinski definition) is 2. The predicted molar refractivity (Wildman–Crippen MR) is 120 cm³/mol. The smallest absolute Gasteiger partial charge is 0.277 e. The minimum Gasteiger partial charge on any atom is -0.484 e. The van der Waals surface area contributed by atoms with E-state index in [1.165, 1.54) is 0 Å². The average molecular weight is 444 g/mol. The van der Waals surface area contributed by atoms with E-state index in [-0.39, 0.29) is 24.0 Å². The first kappa shape index (κ1) is 21.6. The van der Waals surface area contributed by atoms with Crippen LogP contribution in [0, 0.1) is 0 Å². The number of anilines is 1. The van der Waals surface area contributed by atoms with E-state index in [9.17, 15) is 9.59 Å². The highest BCUT2D eigenvalue weighted by atomic mass is 35.5. The van der Waals surface area contributed by atoms with Crippen LogP contribution in [0.25, 0.3) is 10.8 Å². The Hall–Kier alpha value is -3.09. The van der Waals surface area contributed by atoms with E-state index in [1.807, 2.05) is 36.4 Å². The number of hydrogen-bond acceptors (Lipinski definition) is 4. The second-order valence-corrected chi connectivity index (χ2v) is 7.29. The first-order chi connectivity index (χ1) is 14.4. The average Bonchev–Trinajstić information content (AvgIpc) is 2.74. The quantitative estimate of drug-likeness (QED) is 0.396. The maximum atomic E-state index is 12.1. The molecule has 3 aromatic carbocycles. The van der Waals surface area contributed by atoms with Crippen LogP contribution in [-0.4, -0.2) is 24.1 Å². The number of benzene rings is 3. The molecule has 3 aromatic rings. The first-order valence-corrected chi connectivity index (χ1v) is 9.85. The van der Waals surface area contributed by atoms with Gasteiger partial charge in [-0.1, -0.05) is 59.6 Å². The Labute approximate surface area is 183 Å². The lowest BCUT2D eigenvalue weighted by Crippen LogP contribution is -2.26. The van der Waals surface area contributed by atoms with E-state index < -0.39 is 5.91 Å². The van der Waals surface area contributed by atoms with Crippen molar-refractivity contribution in [2.75, 3.05) is 11.9 Å². The Morgan fingerprint density at radius 2 is 1.73 bits per heavy atom. The van der Waals surface area contributed by atoms with Gasteiger partial charge in [0.1, 0.15) is 5.75 Å². The number of fused-ring (bicyclic) bond motifs is 1. The molecule has 154 valence electrons. The molecule has 8 heteroatoms. The van der Waals surface area contributed by atoms with Crippen LogP contribution in [-0.2, 0) is 9.59 Å². The molecular formula is C22H19Cl2N3O3. The molecule has 6 nitrogen and oxygen atoms in total. The van der Waals surface area contributed by atoms with Gasteiger partial charge in [0.2, 0.25) is 5.91 Å². The summed E-state index contributed by atoms with van der Waals surface area (Å²) in [7, 11) is 0. The molecule has 0 fully saturated rings. The largest absolute Gasteiger partial charge is 0.484 e. The number of nitrogens with one attached hydrogen (secondary N) is 2. The number of carbonyl (C=O) groups is 2. The van der Waals surface area contributed by atoms with E-state index >= 15 is 0 Å². The van der Waals surface area contributed by atoms with E-state index in [0.29, 0.717) is 22.2 Å².